The zero-order valence-corrected chi connectivity index (χ0v) is 20.0. The van der Waals surface area contributed by atoms with E-state index < -0.39 is 0 Å². The van der Waals surface area contributed by atoms with Gasteiger partial charge in [0.1, 0.15) is 28.5 Å². The highest BCUT2D eigenvalue weighted by atomic mass is 15.3. The summed E-state index contributed by atoms with van der Waals surface area (Å²) < 4.78 is 0. The van der Waals surface area contributed by atoms with Crippen LogP contribution in [-0.4, -0.2) is 92.4 Å². The first-order chi connectivity index (χ1) is 17.6. The van der Waals surface area contributed by atoms with Crippen LogP contribution in [0.3, 0.4) is 0 Å². The third-order valence-corrected chi connectivity index (χ3v) is 7.11. The third-order valence-electron chi connectivity index (χ3n) is 7.11. The van der Waals surface area contributed by atoms with Crippen LogP contribution in [0.4, 0.5) is 11.6 Å². The summed E-state index contributed by atoms with van der Waals surface area (Å²) in [4.78, 5) is 29.2. The van der Waals surface area contributed by atoms with Crippen LogP contribution in [0.15, 0.2) is 42.9 Å². The van der Waals surface area contributed by atoms with E-state index in [0.717, 1.165) is 95.6 Å². The molecule has 0 amide bonds. The van der Waals surface area contributed by atoms with E-state index in [0.29, 0.717) is 0 Å². The van der Waals surface area contributed by atoms with E-state index >= 15 is 0 Å². The summed E-state index contributed by atoms with van der Waals surface area (Å²) in [5.74, 6) is 1.83. The zero-order valence-electron chi connectivity index (χ0n) is 20.0. The van der Waals surface area contributed by atoms with Crippen molar-refractivity contribution in [2.75, 3.05) is 56.1 Å². The Morgan fingerprint density at radius 1 is 0.944 bits per heavy atom. The number of anilines is 2. The normalized spacial score (nSPS) is 17.3. The monoisotopic (exact) mass is 481 g/mol. The molecule has 7 heterocycles. The topological polar surface area (TPSA) is 132 Å². The molecule has 5 aromatic rings. The maximum Gasteiger partial charge on any atom is 0.147 e. The molecule has 7 rings (SSSR count). The van der Waals surface area contributed by atoms with Gasteiger partial charge >= 0.3 is 0 Å². The Labute approximate surface area is 207 Å². The number of rotatable bonds is 4. The maximum atomic E-state index is 5.94. The molecule has 11 nitrogen and oxygen atoms in total. The first kappa shape index (κ1) is 21.2. The van der Waals surface area contributed by atoms with Gasteiger partial charge in [0.25, 0.3) is 0 Å². The molecule has 11 heteroatoms. The van der Waals surface area contributed by atoms with Crippen molar-refractivity contribution in [2.24, 2.45) is 5.73 Å². The van der Waals surface area contributed by atoms with E-state index in [1.54, 1.807) is 12.4 Å². The minimum Gasteiger partial charge on any atom is -0.353 e. The Bertz CT molecular complexity index is 1560. The summed E-state index contributed by atoms with van der Waals surface area (Å²) >= 11 is 0. The van der Waals surface area contributed by atoms with Crippen LogP contribution in [0.2, 0.25) is 0 Å². The lowest BCUT2D eigenvalue weighted by molar-refractivity contribution is 0.312. The SMILES string of the molecule is CN1CCN(c2nccc3[nH]c(-c4n[nH]c5ccc(-c6cncc(N7CC(N)C7)n6)nc45)cc23)CC1. The molecule has 0 atom stereocenters. The van der Waals surface area contributed by atoms with Crippen molar-refractivity contribution in [3.63, 3.8) is 0 Å². The smallest absolute Gasteiger partial charge is 0.147 e. The Hall–Kier alpha value is -4.09. The number of aromatic amines is 2. The van der Waals surface area contributed by atoms with Gasteiger partial charge in [0.05, 0.1) is 34.8 Å². The fourth-order valence-electron chi connectivity index (χ4n) is 5.00. The van der Waals surface area contributed by atoms with E-state index in [1.165, 1.54) is 0 Å². The van der Waals surface area contributed by atoms with Gasteiger partial charge in [-0.05, 0) is 31.3 Å². The van der Waals surface area contributed by atoms with Crippen LogP contribution < -0.4 is 15.5 Å². The fourth-order valence-corrected chi connectivity index (χ4v) is 5.00. The minimum atomic E-state index is 0.196. The molecule has 0 saturated carbocycles. The number of H-pyrrole nitrogens is 2. The van der Waals surface area contributed by atoms with Gasteiger partial charge in [-0.2, -0.15) is 5.10 Å². The van der Waals surface area contributed by atoms with Gasteiger partial charge < -0.3 is 25.4 Å². The lowest BCUT2D eigenvalue weighted by Gasteiger charge is -2.37. The molecule has 0 spiro atoms. The van der Waals surface area contributed by atoms with Crippen molar-refractivity contribution in [1.29, 1.82) is 0 Å². The number of fused-ring (bicyclic) bond motifs is 2. The summed E-state index contributed by atoms with van der Waals surface area (Å²) in [5.41, 5.74) is 11.8. The number of aromatic nitrogens is 7. The highest BCUT2D eigenvalue weighted by Crippen LogP contribution is 2.33. The van der Waals surface area contributed by atoms with Gasteiger partial charge in [0.2, 0.25) is 0 Å². The Morgan fingerprint density at radius 2 is 1.81 bits per heavy atom. The molecule has 0 aromatic carbocycles. The van der Waals surface area contributed by atoms with Crippen LogP contribution in [0.5, 0.6) is 0 Å². The van der Waals surface area contributed by atoms with Crippen molar-refractivity contribution in [2.45, 2.75) is 6.04 Å². The number of pyridine rings is 2. The number of hydrogen-bond acceptors (Lipinski definition) is 9. The molecule has 5 aromatic heterocycles. The van der Waals surface area contributed by atoms with E-state index in [4.69, 9.17) is 20.7 Å². The molecule has 0 aliphatic carbocycles. The first-order valence-corrected chi connectivity index (χ1v) is 12.2. The predicted octanol–water partition coefficient (Wildman–Crippen LogP) is 1.86. The molecule has 2 aliphatic rings. The largest absolute Gasteiger partial charge is 0.353 e. The van der Waals surface area contributed by atoms with Gasteiger partial charge in [-0.25, -0.2) is 15.0 Å². The number of piperazine rings is 1. The molecule has 0 radical (unpaired) electrons. The number of nitrogens with one attached hydrogen (secondary N) is 2. The average molecular weight is 482 g/mol. The summed E-state index contributed by atoms with van der Waals surface area (Å²) in [5, 5.41) is 8.82. The second-order valence-corrected chi connectivity index (χ2v) is 9.66. The van der Waals surface area contributed by atoms with Gasteiger partial charge in [0.15, 0.2) is 0 Å². The van der Waals surface area contributed by atoms with E-state index in [9.17, 15) is 0 Å². The number of nitrogens with two attached hydrogens (primary N) is 1. The van der Waals surface area contributed by atoms with E-state index in [2.05, 4.69) is 48.0 Å². The molecular weight excluding hydrogens is 454 g/mol. The molecule has 2 aliphatic heterocycles. The van der Waals surface area contributed by atoms with Crippen molar-refractivity contribution < 1.29 is 0 Å². The predicted molar refractivity (Wildman–Crippen MR) is 140 cm³/mol. The van der Waals surface area contributed by atoms with Gasteiger partial charge in [0, 0.05) is 56.9 Å². The lowest BCUT2D eigenvalue weighted by atomic mass is 10.1. The quantitative estimate of drug-likeness (QED) is 0.352. The Kier molecular flexibility index (Phi) is 4.86. The van der Waals surface area contributed by atoms with Crippen molar-refractivity contribution in [1.82, 2.24) is 40.0 Å². The van der Waals surface area contributed by atoms with Gasteiger partial charge in [-0.3, -0.25) is 10.1 Å². The second kappa shape index (κ2) is 8.25. The highest BCUT2D eigenvalue weighted by molar-refractivity contribution is 5.98. The summed E-state index contributed by atoms with van der Waals surface area (Å²) in [6.07, 6.45) is 5.38. The first-order valence-electron chi connectivity index (χ1n) is 12.2. The summed E-state index contributed by atoms with van der Waals surface area (Å²) in [7, 11) is 2.16. The van der Waals surface area contributed by atoms with Gasteiger partial charge in [-0.15, -0.1) is 0 Å². The number of likely N-dealkylation sites (N-methyl/N-ethyl adjacent to an activating group) is 1. The molecule has 2 fully saturated rings. The fraction of sp³-hybridized carbons (Fsp3) is 0.320. The number of hydrogen-bond donors (Lipinski definition) is 3. The summed E-state index contributed by atoms with van der Waals surface area (Å²) in [6.45, 7) is 5.57. The Morgan fingerprint density at radius 3 is 2.64 bits per heavy atom. The van der Waals surface area contributed by atoms with Crippen LogP contribution in [0.1, 0.15) is 0 Å². The standard InChI is InChI=1S/C25H27N11/c1-34-6-8-35(9-7-34)25-16-10-20(29-17(16)4-5-28-25)24-23-19(32-33-24)3-2-18(31-23)21-11-27-12-22(30-21)36-13-15(26)14-36/h2-5,10-12,15,29H,6-9,13-14,26H2,1H3,(H,32,33). The van der Waals surface area contributed by atoms with Crippen LogP contribution in [0, 0.1) is 0 Å². The van der Waals surface area contributed by atoms with Crippen molar-refractivity contribution >= 4 is 33.6 Å². The van der Waals surface area contributed by atoms with Gasteiger partial charge in [-0.1, -0.05) is 0 Å². The molecule has 4 N–H and O–H groups in total. The summed E-state index contributed by atoms with van der Waals surface area (Å²) in [6, 6.07) is 8.27. The lowest BCUT2D eigenvalue weighted by Crippen LogP contribution is -2.56. The van der Waals surface area contributed by atoms with Crippen LogP contribution in [0.25, 0.3) is 44.7 Å². The second-order valence-electron chi connectivity index (χ2n) is 9.66. The minimum absolute atomic E-state index is 0.196. The van der Waals surface area contributed by atoms with Crippen LogP contribution >= 0.6 is 0 Å². The average Bonchev–Trinajstić information content (AvgIpc) is 3.51. The third kappa shape index (κ3) is 3.55. The molecule has 0 bridgehead atoms. The maximum absolute atomic E-state index is 5.94. The molecule has 0 unspecified atom stereocenters. The van der Waals surface area contributed by atoms with Crippen LogP contribution in [-0.2, 0) is 0 Å². The molecular formula is C25H27N11. The van der Waals surface area contributed by atoms with Crippen molar-refractivity contribution in [3.05, 3.63) is 42.9 Å². The molecule has 36 heavy (non-hydrogen) atoms. The number of nitrogens with zero attached hydrogens (tertiary/aromatic N) is 8. The van der Waals surface area contributed by atoms with E-state index in [-0.39, 0.29) is 6.04 Å². The highest BCUT2D eigenvalue weighted by Gasteiger charge is 2.25. The zero-order chi connectivity index (χ0) is 24.2. The molecule has 2 saturated heterocycles. The van der Waals surface area contributed by atoms with E-state index in [1.807, 2.05) is 24.4 Å². The van der Waals surface area contributed by atoms with Crippen molar-refractivity contribution in [3.8, 4) is 22.8 Å². The Balaban J connectivity index is 1.26. The molecule has 182 valence electrons.